The summed E-state index contributed by atoms with van der Waals surface area (Å²) >= 11 is 0. The lowest BCUT2D eigenvalue weighted by atomic mass is 10.1. The standard InChI is InChI=1S/C32H36N2O4/c1-4-30(32(35)36)33(22-25-8-6-5-7-9-25)23-26-11-15-29(16-12-26)38-21-20-34-24(2)10-19-31(34)27-13-17-28(37-3)18-14-27/h5-19,30H,4,20-23H2,1-3H3,(H,35,36). The molecule has 0 saturated carbocycles. The largest absolute Gasteiger partial charge is 0.497 e. The molecule has 198 valence electrons. The molecule has 1 heterocycles. The minimum atomic E-state index is -0.794. The van der Waals surface area contributed by atoms with Crippen molar-refractivity contribution < 1.29 is 19.4 Å². The van der Waals surface area contributed by atoms with E-state index in [4.69, 9.17) is 9.47 Å². The Bertz CT molecular complexity index is 1300. The van der Waals surface area contributed by atoms with Gasteiger partial charge in [0.1, 0.15) is 24.1 Å². The van der Waals surface area contributed by atoms with Crippen LogP contribution in [0.1, 0.15) is 30.2 Å². The number of hydrogen-bond donors (Lipinski definition) is 1. The number of aryl methyl sites for hydroxylation is 1. The summed E-state index contributed by atoms with van der Waals surface area (Å²) in [6.07, 6.45) is 0.542. The third-order valence-corrected chi connectivity index (χ3v) is 6.82. The van der Waals surface area contributed by atoms with Crippen LogP contribution in [0, 0.1) is 6.92 Å². The fraction of sp³-hybridized carbons (Fsp3) is 0.281. The first kappa shape index (κ1) is 27.0. The lowest BCUT2D eigenvalue weighted by molar-refractivity contribution is -0.144. The predicted molar refractivity (Wildman–Crippen MR) is 150 cm³/mol. The fourth-order valence-electron chi connectivity index (χ4n) is 4.74. The highest BCUT2D eigenvalue weighted by atomic mass is 16.5. The Kier molecular flexibility index (Phi) is 9.22. The molecule has 1 unspecified atom stereocenters. The maximum atomic E-state index is 11.9. The number of benzene rings is 3. The Morgan fingerprint density at radius 2 is 1.50 bits per heavy atom. The van der Waals surface area contributed by atoms with Crippen LogP contribution in [0.15, 0.2) is 91.0 Å². The molecule has 0 saturated heterocycles. The zero-order valence-corrected chi connectivity index (χ0v) is 22.3. The van der Waals surface area contributed by atoms with Crippen molar-refractivity contribution in [3.8, 4) is 22.8 Å². The maximum absolute atomic E-state index is 11.9. The van der Waals surface area contributed by atoms with Crippen molar-refractivity contribution in [2.75, 3.05) is 13.7 Å². The van der Waals surface area contributed by atoms with Gasteiger partial charge >= 0.3 is 5.97 Å². The summed E-state index contributed by atoms with van der Waals surface area (Å²) < 4.78 is 13.6. The van der Waals surface area contributed by atoms with E-state index >= 15 is 0 Å². The molecule has 0 aliphatic carbocycles. The number of rotatable bonds is 13. The van der Waals surface area contributed by atoms with Crippen molar-refractivity contribution in [2.24, 2.45) is 0 Å². The van der Waals surface area contributed by atoms with Gasteiger partial charge in [0.15, 0.2) is 0 Å². The van der Waals surface area contributed by atoms with Crippen LogP contribution < -0.4 is 9.47 Å². The van der Waals surface area contributed by atoms with Crippen LogP contribution in [-0.4, -0.2) is 40.3 Å². The smallest absolute Gasteiger partial charge is 0.320 e. The molecule has 1 atom stereocenters. The van der Waals surface area contributed by atoms with Gasteiger partial charge in [-0.25, -0.2) is 0 Å². The molecular formula is C32H36N2O4. The summed E-state index contributed by atoms with van der Waals surface area (Å²) in [5, 5.41) is 9.79. The summed E-state index contributed by atoms with van der Waals surface area (Å²) in [7, 11) is 1.67. The second kappa shape index (κ2) is 13.0. The van der Waals surface area contributed by atoms with Gasteiger partial charge in [-0.1, -0.05) is 49.4 Å². The van der Waals surface area contributed by atoms with E-state index < -0.39 is 12.0 Å². The topological polar surface area (TPSA) is 63.9 Å². The molecule has 4 aromatic rings. The highest BCUT2D eigenvalue weighted by Gasteiger charge is 2.24. The van der Waals surface area contributed by atoms with Crippen molar-refractivity contribution in [1.29, 1.82) is 0 Å². The molecule has 0 aliphatic rings. The van der Waals surface area contributed by atoms with E-state index in [1.807, 2.05) is 78.6 Å². The summed E-state index contributed by atoms with van der Waals surface area (Å²) in [4.78, 5) is 13.9. The van der Waals surface area contributed by atoms with Crippen LogP contribution >= 0.6 is 0 Å². The monoisotopic (exact) mass is 512 g/mol. The predicted octanol–water partition coefficient (Wildman–Crippen LogP) is 6.42. The van der Waals surface area contributed by atoms with E-state index in [1.54, 1.807) is 7.11 Å². The molecule has 0 fully saturated rings. The first-order valence-electron chi connectivity index (χ1n) is 13.0. The van der Waals surface area contributed by atoms with E-state index in [1.165, 1.54) is 5.69 Å². The van der Waals surface area contributed by atoms with Gasteiger partial charge in [-0.15, -0.1) is 0 Å². The number of methoxy groups -OCH3 is 1. The van der Waals surface area contributed by atoms with Crippen molar-refractivity contribution in [3.05, 3.63) is 108 Å². The Hall–Kier alpha value is -4.03. The molecule has 4 rings (SSSR count). The van der Waals surface area contributed by atoms with E-state index in [0.29, 0.717) is 26.1 Å². The first-order valence-corrected chi connectivity index (χ1v) is 13.0. The molecular weight excluding hydrogens is 476 g/mol. The molecule has 6 heteroatoms. The minimum absolute atomic E-state index is 0.537. The van der Waals surface area contributed by atoms with Crippen molar-refractivity contribution >= 4 is 5.97 Å². The number of ether oxygens (including phenoxy) is 2. The highest BCUT2D eigenvalue weighted by Crippen LogP contribution is 2.25. The quantitative estimate of drug-likeness (QED) is 0.224. The summed E-state index contributed by atoms with van der Waals surface area (Å²) in [5.74, 6) is 0.842. The van der Waals surface area contributed by atoms with Crippen LogP contribution in [0.4, 0.5) is 0 Å². The van der Waals surface area contributed by atoms with Crippen LogP contribution in [0.5, 0.6) is 11.5 Å². The zero-order valence-electron chi connectivity index (χ0n) is 22.3. The Balaban J connectivity index is 1.38. The second-order valence-electron chi connectivity index (χ2n) is 9.39. The third-order valence-electron chi connectivity index (χ3n) is 6.82. The van der Waals surface area contributed by atoms with Crippen LogP contribution in [-0.2, 0) is 24.4 Å². The summed E-state index contributed by atoms with van der Waals surface area (Å²) in [5.41, 5.74) is 5.61. The summed E-state index contributed by atoms with van der Waals surface area (Å²) in [6.45, 7) is 6.41. The Labute approximate surface area is 225 Å². The molecule has 0 amide bonds. The number of carboxylic acid groups (broad SMARTS) is 1. The molecule has 3 aromatic carbocycles. The van der Waals surface area contributed by atoms with Crippen LogP contribution in [0.25, 0.3) is 11.3 Å². The van der Waals surface area contributed by atoms with Gasteiger partial charge in [-0.05, 0) is 78.6 Å². The maximum Gasteiger partial charge on any atom is 0.320 e. The van der Waals surface area contributed by atoms with Gasteiger partial charge in [-0.3, -0.25) is 9.69 Å². The number of carboxylic acids is 1. The van der Waals surface area contributed by atoms with Gasteiger partial charge in [-0.2, -0.15) is 0 Å². The van der Waals surface area contributed by atoms with Crippen LogP contribution in [0.3, 0.4) is 0 Å². The van der Waals surface area contributed by atoms with E-state index in [-0.39, 0.29) is 0 Å². The zero-order chi connectivity index (χ0) is 26.9. The van der Waals surface area contributed by atoms with E-state index in [0.717, 1.165) is 40.4 Å². The van der Waals surface area contributed by atoms with Gasteiger partial charge < -0.3 is 19.1 Å². The third kappa shape index (κ3) is 6.84. The normalized spacial score (nSPS) is 11.9. The first-order chi connectivity index (χ1) is 18.5. The number of hydrogen-bond acceptors (Lipinski definition) is 4. The van der Waals surface area contributed by atoms with Gasteiger partial charge in [0, 0.05) is 24.5 Å². The number of aromatic nitrogens is 1. The summed E-state index contributed by atoms with van der Waals surface area (Å²) in [6, 6.07) is 29.8. The molecule has 0 bridgehead atoms. The molecule has 0 aliphatic heterocycles. The Morgan fingerprint density at radius 3 is 2.11 bits per heavy atom. The number of nitrogens with zero attached hydrogens (tertiary/aromatic N) is 2. The van der Waals surface area contributed by atoms with E-state index in [9.17, 15) is 9.90 Å². The molecule has 38 heavy (non-hydrogen) atoms. The Morgan fingerprint density at radius 1 is 0.868 bits per heavy atom. The lowest BCUT2D eigenvalue weighted by Gasteiger charge is -2.28. The van der Waals surface area contributed by atoms with E-state index in [2.05, 4.69) is 35.8 Å². The van der Waals surface area contributed by atoms with Gasteiger partial charge in [0.05, 0.1) is 13.7 Å². The molecule has 1 aromatic heterocycles. The second-order valence-corrected chi connectivity index (χ2v) is 9.39. The SMILES string of the molecule is CCC(C(=O)O)N(Cc1ccccc1)Cc1ccc(OCCn2c(C)ccc2-c2ccc(OC)cc2)cc1. The average Bonchev–Trinajstić information content (AvgIpc) is 3.30. The average molecular weight is 513 g/mol. The number of carbonyl (C=O) groups is 1. The minimum Gasteiger partial charge on any atom is -0.497 e. The van der Waals surface area contributed by atoms with Gasteiger partial charge in [0.25, 0.3) is 0 Å². The fourth-order valence-corrected chi connectivity index (χ4v) is 4.74. The molecule has 6 nitrogen and oxygen atoms in total. The number of aliphatic carboxylic acids is 1. The van der Waals surface area contributed by atoms with Crippen molar-refractivity contribution in [3.63, 3.8) is 0 Å². The van der Waals surface area contributed by atoms with Gasteiger partial charge in [0.2, 0.25) is 0 Å². The molecule has 1 N–H and O–H groups in total. The lowest BCUT2D eigenvalue weighted by Crippen LogP contribution is -2.39. The van der Waals surface area contributed by atoms with Crippen molar-refractivity contribution in [2.45, 2.75) is 45.9 Å². The van der Waals surface area contributed by atoms with Crippen molar-refractivity contribution in [1.82, 2.24) is 9.47 Å². The van der Waals surface area contributed by atoms with Crippen LogP contribution in [0.2, 0.25) is 0 Å². The highest BCUT2D eigenvalue weighted by molar-refractivity contribution is 5.73. The molecule has 0 radical (unpaired) electrons. The molecule has 0 spiro atoms.